The van der Waals surface area contributed by atoms with Gasteiger partial charge in [-0.25, -0.2) is 4.79 Å². The lowest BCUT2D eigenvalue weighted by Crippen LogP contribution is -2.24. The van der Waals surface area contributed by atoms with Crippen LogP contribution in [0.2, 0.25) is 0 Å². The van der Waals surface area contributed by atoms with Crippen LogP contribution in [0.25, 0.3) is 0 Å². The molecular formula is C21H27N3O4. The van der Waals surface area contributed by atoms with Crippen LogP contribution >= 0.6 is 0 Å². The van der Waals surface area contributed by atoms with Gasteiger partial charge in [-0.3, -0.25) is 9.59 Å². The first-order chi connectivity index (χ1) is 13.2. The maximum atomic E-state index is 12.5. The van der Waals surface area contributed by atoms with Gasteiger partial charge < -0.3 is 20.4 Å². The number of carbonyl (C=O) groups excluding carboxylic acids is 3. The van der Waals surface area contributed by atoms with E-state index in [4.69, 9.17) is 4.74 Å². The largest absolute Gasteiger partial charge is 0.462 e. The van der Waals surface area contributed by atoms with Gasteiger partial charge in [0.25, 0.3) is 5.91 Å². The topological polar surface area (TPSA) is 100 Å². The molecule has 0 unspecified atom stereocenters. The van der Waals surface area contributed by atoms with Crippen molar-refractivity contribution in [2.24, 2.45) is 5.92 Å². The predicted octanol–water partition coefficient (Wildman–Crippen LogP) is 3.33. The number of aromatic amines is 1. The minimum atomic E-state index is -0.438. The number of ether oxygens (including phenoxy) is 1. The molecule has 1 heterocycles. The Bertz CT molecular complexity index is 867. The Morgan fingerprint density at radius 3 is 2.32 bits per heavy atom. The summed E-state index contributed by atoms with van der Waals surface area (Å²) >= 11 is 0. The average molecular weight is 385 g/mol. The van der Waals surface area contributed by atoms with Gasteiger partial charge in [0.05, 0.1) is 12.2 Å². The molecule has 0 spiro atoms. The molecule has 7 heteroatoms. The Morgan fingerprint density at radius 1 is 1.11 bits per heavy atom. The number of aryl methyl sites for hydroxylation is 1. The van der Waals surface area contributed by atoms with Gasteiger partial charge in [-0.05, 0) is 44.0 Å². The highest BCUT2D eigenvalue weighted by atomic mass is 16.5. The number of amides is 2. The van der Waals surface area contributed by atoms with Crippen molar-refractivity contribution >= 4 is 23.5 Å². The molecule has 0 aliphatic heterocycles. The Balaban J connectivity index is 2.02. The smallest absolute Gasteiger partial charge is 0.340 e. The number of benzene rings is 1. The first-order valence-electron chi connectivity index (χ1n) is 9.28. The third-order valence-corrected chi connectivity index (χ3v) is 4.34. The van der Waals surface area contributed by atoms with Crippen LogP contribution < -0.4 is 10.6 Å². The zero-order chi connectivity index (χ0) is 20.8. The van der Waals surface area contributed by atoms with E-state index in [1.165, 1.54) is 0 Å². The minimum absolute atomic E-state index is 0.0453. The van der Waals surface area contributed by atoms with Gasteiger partial charge in [0.1, 0.15) is 5.69 Å². The first kappa shape index (κ1) is 21.2. The zero-order valence-corrected chi connectivity index (χ0v) is 16.9. The van der Waals surface area contributed by atoms with E-state index in [0.29, 0.717) is 34.7 Å². The van der Waals surface area contributed by atoms with Gasteiger partial charge in [0.2, 0.25) is 5.91 Å². The highest BCUT2D eigenvalue weighted by Gasteiger charge is 2.22. The molecule has 0 bridgehead atoms. The molecule has 28 heavy (non-hydrogen) atoms. The lowest BCUT2D eigenvalue weighted by atomic mass is 10.1. The van der Waals surface area contributed by atoms with Crippen molar-refractivity contribution < 1.29 is 19.1 Å². The Hall–Kier alpha value is -3.09. The van der Waals surface area contributed by atoms with Crippen LogP contribution in [0.3, 0.4) is 0 Å². The summed E-state index contributed by atoms with van der Waals surface area (Å²) in [4.78, 5) is 39.3. The van der Waals surface area contributed by atoms with E-state index in [1.807, 2.05) is 26.0 Å². The van der Waals surface area contributed by atoms with Crippen LogP contribution in [0.15, 0.2) is 24.3 Å². The van der Waals surface area contributed by atoms with Crippen LogP contribution in [-0.4, -0.2) is 29.4 Å². The molecule has 0 fully saturated rings. The van der Waals surface area contributed by atoms with Crippen molar-refractivity contribution in [3.63, 3.8) is 0 Å². The molecule has 7 nitrogen and oxygen atoms in total. The van der Waals surface area contributed by atoms with Crippen LogP contribution in [0, 0.1) is 19.8 Å². The van der Waals surface area contributed by atoms with E-state index in [1.54, 1.807) is 32.9 Å². The quantitative estimate of drug-likeness (QED) is 0.637. The highest BCUT2D eigenvalue weighted by molar-refractivity contribution is 6.00. The van der Waals surface area contributed by atoms with Gasteiger partial charge in [0.15, 0.2) is 0 Å². The van der Waals surface area contributed by atoms with Gasteiger partial charge in [-0.2, -0.15) is 0 Å². The predicted molar refractivity (Wildman–Crippen MR) is 107 cm³/mol. The number of esters is 1. The van der Waals surface area contributed by atoms with Crippen LogP contribution in [0.1, 0.15) is 58.4 Å². The third-order valence-electron chi connectivity index (χ3n) is 4.34. The van der Waals surface area contributed by atoms with Crippen molar-refractivity contribution in [1.29, 1.82) is 0 Å². The van der Waals surface area contributed by atoms with Crippen molar-refractivity contribution in [2.75, 3.05) is 11.9 Å². The Morgan fingerprint density at radius 2 is 1.75 bits per heavy atom. The Labute approximate surface area is 164 Å². The van der Waals surface area contributed by atoms with E-state index in [0.717, 1.165) is 5.56 Å². The first-order valence-corrected chi connectivity index (χ1v) is 9.28. The molecule has 3 N–H and O–H groups in total. The fraction of sp³-hybridized carbons (Fsp3) is 0.381. The standard InChI is InChI=1S/C21H27N3O4/c1-6-28-21(27)17-13(4)18(23-14(17)5)20(26)22-11-15-7-9-16(10-8-15)24-19(25)12(2)3/h7-10,12,23H,6,11H2,1-5H3,(H,22,26)(H,24,25). The zero-order valence-electron chi connectivity index (χ0n) is 16.9. The molecule has 0 radical (unpaired) electrons. The van der Waals surface area contributed by atoms with Crippen LogP contribution in [-0.2, 0) is 16.1 Å². The molecule has 0 saturated carbocycles. The summed E-state index contributed by atoms with van der Waals surface area (Å²) in [5.74, 6) is -0.873. The average Bonchev–Trinajstić information content (AvgIpc) is 2.95. The molecule has 150 valence electrons. The number of hydrogen-bond donors (Lipinski definition) is 3. The summed E-state index contributed by atoms with van der Waals surface area (Å²) in [6.45, 7) is 9.45. The molecule has 0 atom stereocenters. The van der Waals surface area contributed by atoms with E-state index in [-0.39, 0.29) is 24.3 Å². The third kappa shape index (κ3) is 5.00. The molecule has 1 aromatic carbocycles. The van der Waals surface area contributed by atoms with E-state index in [9.17, 15) is 14.4 Å². The van der Waals surface area contributed by atoms with Crippen molar-refractivity contribution in [3.8, 4) is 0 Å². The minimum Gasteiger partial charge on any atom is -0.462 e. The van der Waals surface area contributed by atoms with Crippen molar-refractivity contribution in [1.82, 2.24) is 10.3 Å². The molecule has 2 aromatic rings. The molecule has 2 amide bonds. The second-order valence-electron chi connectivity index (χ2n) is 6.87. The van der Waals surface area contributed by atoms with E-state index < -0.39 is 5.97 Å². The second-order valence-corrected chi connectivity index (χ2v) is 6.87. The fourth-order valence-electron chi connectivity index (χ4n) is 2.75. The normalized spacial score (nSPS) is 10.6. The van der Waals surface area contributed by atoms with Crippen LogP contribution in [0.5, 0.6) is 0 Å². The molecule has 0 aliphatic rings. The number of H-pyrrole nitrogens is 1. The van der Waals surface area contributed by atoms with Crippen LogP contribution in [0.4, 0.5) is 5.69 Å². The number of aromatic nitrogens is 1. The maximum absolute atomic E-state index is 12.5. The lowest BCUT2D eigenvalue weighted by Gasteiger charge is -2.09. The number of nitrogens with one attached hydrogen (secondary N) is 3. The van der Waals surface area contributed by atoms with E-state index >= 15 is 0 Å². The fourth-order valence-corrected chi connectivity index (χ4v) is 2.75. The van der Waals surface area contributed by atoms with Gasteiger partial charge >= 0.3 is 5.97 Å². The number of hydrogen-bond acceptors (Lipinski definition) is 4. The van der Waals surface area contributed by atoms with Crippen molar-refractivity contribution in [2.45, 2.75) is 41.2 Å². The second kappa shape index (κ2) is 9.21. The maximum Gasteiger partial charge on any atom is 0.340 e. The van der Waals surface area contributed by atoms with E-state index in [2.05, 4.69) is 15.6 Å². The molecule has 1 aromatic heterocycles. The summed E-state index contributed by atoms with van der Waals surface area (Å²) in [7, 11) is 0. The molecular weight excluding hydrogens is 358 g/mol. The molecule has 0 saturated heterocycles. The van der Waals surface area contributed by atoms with Gasteiger partial charge in [0, 0.05) is 23.8 Å². The monoisotopic (exact) mass is 385 g/mol. The summed E-state index contributed by atoms with van der Waals surface area (Å²) in [5, 5.41) is 5.66. The van der Waals surface area contributed by atoms with Gasteiger partial charge in [-0.1, -0.05) is 26.0 Å². The lowest BCUT2D eigenvalue weighted by molar-refractivity contribution is -0.118. The molecule has 0 aliphatic carbocycles. The highest BCUT2D eigenvalue weighted by Crippen LogP contribution is 2.19. The number of rotatable bonds is 7. The Kier molecular flexibility index (Phi) is 6.98. The van der Waals surface area contributed by atoms with Crippen molar-refractivity contribution in [3.05, 3.63) is 52.3 Å². The summed E-state index contributed by atoms with van der Waals surface area (Å²) < 4.78 is 5.04. The summed E-state index contributed by atoms with van der Waals surface area (Å²) in [5.41, 5.74) is 3.52. The number of carbonyl (C=O) groups is 3. The summed E-state index contributed by atoms with van der Waals surface area (Å²) in [6, 6.07) is 7.27. The number of anilines is 1. The van der Waals surface area contributed by atoms with Gasteiger partial charge in [-0.15, -0.1) is 0 Å². The summed E-state index contributed by atoms with van der Waals surface area (Å²) in [6.07, 6.45) is 0. The SMILES string of the molecule is CCOC(=O)c1c(C)[nH]c(C(=O)NCc2ccc(NC(=O)C(C)C)cc2)c1C. The molecule has 2 rings (SSSR count).